The molecule has 0 radical (unpaired) electrons. The minimum atomic E-state index is -0.403. The van der Waals surface area contributed by atoms with E-state index in [0.717, 1.165) is 24.3 Å². The Morgan fingerprint density at radius 2 is 1.82 bits per heavy atom. The zero-order valence-electron chi connectivity index (χ0n) is 21.4. The van der Waals surface area contributed by atoms with Crippen molar-refractivity contribution >= 4 is 5.78 Å². The standard InChI is InChI=1S/C31H44O3/c1-21-9-12-25(13-10-21)30(34)8-4-6-22(2)28-15-16-29-24(7-5-17-31(28,29)3)14-11-23-18-26(32)20-27(33)19-23/h9-14,22,26-29,32-33H,4-8,15-20H2,1-3H3/b24-14+/t22-,26-,27-,28-,29+,31-/m1/s1. The average Bonchev–Trinajstić information content (AvgIpc) is 3.15. The number of aliphatic hydroxyl groups excluding tert-OH is 2. The lowest BCUT2D eigenvalue weighted by atomic mass is 9.60. The van der Waals surface area contributed by atoms with Gasteiger partial charge < -0.3 is 10.2 Å². The molecule has 0 unspecified atom stereocenters. The summed E-state index contributed by atoms with van der Waals surface area (Å²) in [5.74, 6) is 2.29. The van der Waals surface area contributed by atoms with Gasteiger partial charge in [0, 0.05) is 12.0 Å². The molecule has 3 heteroatoms. The van der Waals surface area contributed by atoms with E-state index >= 15 is 0 Å². The lowest BCUT2D eigenvalue weighted by Gasteiger charge is -2.44. The normalized spacial score (nSPS) is 33.6. The number of Topliss-reactive ketones (excluding diaryl/α,β-unsaturated/α-hetero) is 1. The predicted molar refractivity (Wildman–Crippen MR) is 139 cm³/mol. The highest BCUT2D eigenvalue weighted by Gasteiger charge is 2.50. The largest absolute Gasteiger partial charge is 0.393 e. The van der Waals surface area contributed by atoms with Gasteiger partial charge in [0.15, 0.2) is 5.78 Å². The van der Waals surface area contributed by atoms with E-state index < -0.39 is 12.2 Å². The van der Waals surface area contributed by atoms with Crippen LogP contribution in [-0.2, 0) is 0 Å². The Bertz CT molecular complexity index is 899. The molecule has 3 aliphatic carbocycles. The van der Waals surface area contributed by atoms with Crippen LogP contribution in [0.3, 0.4) is 0 Å². The Balaban J connectivity index is 1.35. The van der Waals surface area contributed by atoms with Gasteiger partial charge in [-0.05, 0) is 94.3 Å². The van der Waals surface area contributed by atoms with Crippen molar-refractivity contribution in [1.82, 2.24) is 0 Å². The number of hydrogen-bond acceptors (Lipinski definition) is 3. The molecular weight excluding hydrogens is 420 g/mol. The number of allylic oxidation sites excluding steroid dienone is 3. The van der Waals surface area contributed by atoms with Crippen LogP contribution in [-0.4, -0.2) is 28.2 Å². The van der Waals surface area contributed by atoms with Crippen LogP contribution < -0.4 is 0 Å². The van der Waals surface area contributed by atoms with Gasteiger partial charge in [0.2, 0.25) is 0 Å². The summed E-state index contributed by atoms with van der Waals surface area (Å²) in [6.45, 7) is 7.00. The van der Waals surface area contributed by atoms with E-state index in [0.29, 0.717) is 42.9 Å². The first-order valence-corrected chi connectivity index (χ1v) is 13.6. The predicted octanol–water partition coefficient (Wildman–Crippen LogP) is 6.96. The van der Waals surface area contributed by atoms with E-state index in [2.05, 4.69) is 32.9 Å². The quantitative estimate of drug-likeness (QED) is 0.429. The summed E-state index contributed by atoms with van der Waals surface area (Å²) in [6, 6.07) is 7.98. The zero-order chi connectivity index (χ0) is 24.3. The molecule has 186 valence electrons. The van der Waals surface area contributed by atoms with Gasteiger partial charge in [-0.2, -0.15) is 0 Å². The summed E-state index contributed by atoms with van der Waals surface area (Å²) in [5.41, 5.74) is 5.17. The molecule has 3 fully saturated rings. The molecule has 3 nitrogen and oxygen atoms in total. The molecule has 0 heterocycles. The maximum Gasteiger partial charge on any atom is 0.162 e. The van der Waals surface area contributed by atoms with Crippen LogP contribution in [0.2, 0.25) is 0 Å². The minimum Gasteiger partial charge on any atom is -0.393 e. The summed E-state index contributed by atoms with van der Waals surface area (Å²) in [4.78, 5) is 12.6. The first-order valence-electron chi connectivity index (χ1n) is 13.6. The third-order valence-corrected chi connectivity index (χ3v) is 9.23. The number of aliphatic hydroxyl groups is 2. The Hall–Kier alpha value is -1.71. The first kappa shape index (κ1) is 25.4. The van der Waals surface area contributed by atoms with Crippen molar-refractivity contribution in [3.8, 4) is 0 Å². The van der Waals surface area contributed by atoms with Crippen molar-refractivity contribution in [3.05, 3.63) is 58.7 Å². The highest BCUT2D eigenvalue weighted by molar-refractivity contribution is 5.96. The molecule has 1 aromatic rings. The summed E-state index contributed by atoms with van der Waals surface area (Å²) in [6.07, 6.45) is 14.7. The molecule has 3 aliphatic rings. The molecule has 2 N–H and O–H groups in total. The van der Waals surface area contributed by atoms with Crippen molar-refractivity contribution in [2.45, 2.75) is 104 Å². The van der Waals surface area contributed by atoms with Crippen LogP contribution in [0, 0.1) is 30.1 Å². The molecule has 4 rings (SSSR count). The average molecular weight is 465 g/mol. The van der Waals surface area contributed by atoms with Crippen molar-refractivity contribution in [2.24, 2.45) is 23.2 Å². The first-order chi connectivity index (χ1) is 16.3. The molecule has 3 saturated carbocycles. The Morgan fingerprint density at radius 1 is 1.12 bits per heavy atom. The van der Waals surface area contributed by atoms with Crippen LogP contribution in [0.1, 0.15) is 100 Å². The van der Waals surface area contributed by atoms with Gasteiger partial charge >= 0.3 is 0 Å². The van der Waals surface area contributed by atoms with E-state index in [1.807, 2.05) is 24.3 Å². The molecule has 0 aliphatic heterocycles. The van der Waals surface area contributed by atoms with Gasteiger partial charge in [0.05, 0.1) is 12.2 Å². The van der Waals surface area contributed by atoms with Crippen LogP contribution in [0.15, 0.2) is 47.6 Å². The van der Waals surface area contributed by atoms with Crippen LogP contribution in [0.4, 0.5) is 0 Å². The fraction of sp³-hybridized carbons (Fsp3) is 0.645. The summed E-state index contributed by atoms with van der Waals surface area (Å²) >= 11 is 0. The Labute approximate surface area is 206 Å². The molecule has 0 bridgehead atoms. The van der Waals surface area contributed by atoms with E-state index in [1.54, 1.807) is 5.57 Å². The number of carbonyl (C=O) groups is 1. The Morgan fingerprint density at radius 3 is 2.53 bits per heavy atom. The number of hydrogen-bond donors (Lipinski definition) is 2. The second-order valence-corrected chi connectivity index (χ2v) is 11.8. The van der Waals surface area contributed by atoms with Gasteiger partial charge in [0.25, 0.3) is 0 Å². The molecule has 0 spiro atoms. The number of rotatable bonds is 7. The molecule has 0 amide bonds. The monoisotopic (exact) mass is 464 g/mol. The van der Waals surface area contributed by atoms with Crippen molar-refractivity contribution in [3.63, 3.8) is 0 Å². The maximum absolute atomic E-state index is 12.6. The van der Waals surface area contributed by atoms with Gasteiger partial charge in [-0.15, -0.1) is 0 Å². The zero-order valence-corrected chi connectivity index (χ0v) is 21.4. The smallest absolute Gasteiger partial charge is 0.162 e. The number of fused-ring (bicyclic) bond motifs is 1. The summed E-state index contributed by atoms with van der Waals surface area (Å²) < 4.78 is 0. The third kappa shape index (κ3) is 5.74. The molecule has 1 aromatic carbocycles. The summed E-state index contributed by atoms with van der Waals surface area (Å²) in [7, 11) is 0. The van der Waals surface area contributed by atoms with Crippen molar-refractivity contribution in [1.29, 1.82) is 0 Å². The topological polar surface area (TPSA) is 57.5 Å². The fourth-order valence-corrected chi connectivity index (χ4v) is 7.41. The minimum absolute atomic E-state index is 0.275. The fourth-order valence-electron chi connectivity index (χ4n) is 7.41. The number of benzene rings is 1. The molecule has 6 atom stereocenters. The number of carbonyl (C=O) groups excluding carboxylic acids is 1. The van der Waals surface area contributed by atoms with Gasteiger partial charge in [-0.25, -0.2) is 0 Å². The van der Waals surface area contributed by atoms with E-state index in [1.165, 1.54) is 43.2 Å². The van der Waals surface area contributed by atoms with E-state index in [-0.39, 0.29) is 5.78 Å². The Kier molecular flexibility index (Phi) is 8.15. The van der Waals surface area contributed by atoms with Crippen molar-refractivity contribution < 1.29 is 15.0 Å². The lowest BCUT2D eigenvalue weighted by molar-refractivity contribution is 0.0609. The third-order valence-electron chi connectivity index (χ3n) is 9.23. The number of ketones is 1. The van der Waals surface area contributed by atoms with Crippen molar-refractivity contribution in [2.75, 3.05) is 0 Å². The molecular formula is C31H44O3. The molecule has 0 aromatic heterocycles. The van der Waals surface area contributed by atoms with E-state index in [4.69, 9.17) is 0 Å². The highest BCUT2D eigenvalue weighted by Crippen LogP contribution is 2.59. The second kappa shape index (κ2) is 10.9. The molecule has 34 heavy (non-hydrogen) atoms. The van der Waals surface area contributed by atoms with Crippen LogP contribution in [0.25, 0.3) is 0 Å². The second-order valence-electron chi connectivity index (χ2n) is 11.8. The lowest BCUT2D eigenvalue weighted by Crippen LogP contribution is -2.36. The number of aryl methyl sites for hydroxylation is 1. The van der Waals surface area contributed by atoms with Gasteiger partial charge in [-0.3, -0.25) is 4.79 Å². The summed E-state index contributed by atoms with van der Waals surface area (Å²) in [5, 5.41) is 20.0. The maximum atomic E-state index is 12.6. The van der Waals surface area contributed by atoms with Crippen LogP contribution in [0.5, 0.6) is 0 Å². The van der Waals surface area contributed by atoms with Gasteiger partial charge in [-0.1, -0.05) is 67.0 Å². The highest BCUT2D eigenvalue weighted by atomic mass is 16.3. The molecule has 0 saturated heterocycles. The van der Waals surface area contributed by atoms with Gasteiger partial charge in [0.1, 0.15) is 0 Å². The SMILES string of the molecule is Cc1ccc(C(=O)CCC[C@@H](C)[C@H]2CC[C@H]3/C(=C/C=C4C[C@@H](O)C[C@H](O)C4)CCC[C@]23C)cc1. The van der Waals surface area contributed by atoms with E-state index in [9.17, 15) is 15.0 Å². The van der Waals surface area contributed by atoms with Crippen LogP contribution >= 0.6 is 0 Å².